The quantitative estimate of drug-likeness (QED) is 0.809. The van der Waals surface area contributed by atoms with E-state index < -0.39 is 0 Å². The molecule has 0 N–H and O–H groups in total. The first-order chi connectivity index (χ1) is 13.8. The number of ether oxygens (including phenoxy) is 1. The minimum atomic E-state index is -0.0214. The van der Waals surface area contributed by atoms with Crippen molar-refractivity contribution in [3.8, 4) is 11.4 Å². The normalized spacial score (nSPS) is 21.3. The van der Waals surface area contributed by atoms with Gasteiger partial charge >= 0.3 is 0 Å². The number of carbonyl (C=O) groups excluding carboxylic acids is 1. The van der Waals surface area contributed by atoms with Crippen molar-refractivity contribution in [2.45, 2.75) is 31.8 Å². The molecule has 0 unspecified atom stereocenters. The minimum absolute atomic E-state index is 0.0214. The molecule has 7 nitrogen and oxygen atoms in total. The Hall–Kier alpha value is -2.38. The molecule has 1 atom stereocenters. The van der Waals surface area contributed by atoms with Gasteiger partial charge < -0.3 is 14.5 Å². The van der Waals surface area contributed by atoms with E-state index in [1.165, 1.54) is 19.3 Å². The number of hydrogen-bond donors (Lipinski definition) is 0. The van der Waals surface area contributed by atoms with Crippen LogP contribution in [0.4, 0.5) is 0 Å². The predicted octanol–water partition coefficient (Wildman–Crippen LogP) is 2.26. The fourth-order valence-electron chi connectivity index (χ4n) is 3.89. The number of hydrogen-bond acceptors (Lipinski definition) is 6. The Bertz CT molecular complexity index is 762. The third-order valence-corrected chi connectivity index (χ3v) is 5.37. The van der Waals surface area contributed by atoms with E-state index in [1.807, 2.05) is 17.0 Å². The van der Waals surface area contributed by atoms with Crippen molar-refractivity contribution >= 4 is 5.91 Å². The van der Waals surface area contributed by atoms with Crippen LogP contribution in [0.2, 0.25) is 0 Å². The van der Waals surface area contributed by atoms with E-state index in [0.717, 1.165) is 31.6 Å². The lowest BCUT2D eigenvalue weighted by Crippen LogP contribution is -2.43. The summed E-state index contributed by atoms with van der Waals surface area (Å²) < 4.78 is 6.03. The van der Waals surface area contributed by atoms with Crippen LogP contribution in [0.5, 0.6) is 0 Å². The highest BCUT2D eigenvalue weighted by Gasteiger charge is 2.26. The molecule has 1 amide bonds. The van der Waals surface area contributed by atoms with E-state index in [-0.39, 0.29) is 12.0 Å². The molecule has 4 rings (SSSR count). The van der Waals surface area contributed by atoms with Crippen molar-refractivity contribution in [2.24, 2.45) is 0 Å². The van der Waals surface area contributed by atoms with Crippen molar-refractivity contribution in [2.75, 3.05) is 39.3 Å². The number of nitrogens with zero attached hydrogens (tertiary/aromatic N) is 5. The van der Waals surface area contributed by atoms with Gasteiger partial charge in [-0.2, -0.15) is 0 Å². The zero-order chi connectivity index (χ0) is 19.2. The van der Waals surface area contributed by atoms with Gasteiger partial charge in [0.05, 0.1) is 11.7 Å². The summed E-state index contributed by atoms with van der Waals surface area (Å²) >= 11 is 0. The molecule has 7 heteroatoms. The molecule has 0 spiro atoms. The number of likely N-dealkylation sites (tertiary alicyclic amines) is 1. The lowest BCUT2D eigenvalue weighted by atomic mass is 10.1. The Morgan fingerprint density at radius 2 is 1.89 bits per heavy atom. The van der Waals surface area contributed by atoms with Gasteiger partial charge in [-0.15, -0.1) is 0 Å². The predicted molar refractivity (Wildman–Crippen MR) is 106 cm³/mol. The van der Waals surface area contributed by atoms with Crippen LogP contribution in [-0.2, 0) is 4.74 Å². The van der Waals surface area contributed by atoms with Crippen molar-refractivity contribution in [3.05, 3.63) is 42.5 Å². The topological polar surface area (TPSA) is 71.5 Å². The maximum Gasteiger partial charge on any atom is 0.257 e. The van der Waals surface area contributed by atoms with Crippen molar-refractivity contribution in [1.82, 2.24) is 24.8 Å². The molecule has 2 saturated heterocycles. The summed E-state index contributed by atoms with van der Waals surface area (Å²) in [7, 11) is 0. The lowest BCUT2D eigenvalue weighted by Gasteiger charge is -2.31. The number of carbonyl (C=O) groups is 1. The van der Waals surface area contributed by atoms with Crippen molar-refractivity contribution < 1.29 is 9.53 Å². The molecule has 2 fully saturated rings. The second-order valence-electron chi connectivity index (χ2n) is 7.50. The number of aromatic nitrogens is 3. The summed E-state index contributed by atoms with van der Waals surface area (Å²) in [6.07, 6.45) is 11.4. The molecular formula is C21H27N5O2. The van der Waals surface area contributed by atoms with Gasteiger partial charge in [0.25, 0.3) is 5.91 Å². The maximum atomic E-state index is 13.0. The molecule has 4 heterocycles. The van der Waals surface area contributed by atoms with Crippen LogP contribution < -0.4 is 0 Å². The van der Waals surface area contributed by atoms with E-state index in [4.69, 9.17) is 4.74 Å². The summed E-state index contributed by atoms with van der Waals surface area (Å²) in [5.41, 5.74) is 1.36. The average Bonchev–Trinajstić information content (AvgIpc) is 3.00. The molecule has 0 saturated carbocycles. The summed E-state index contributed by atoms with van der Waals surface area (Å²) in [4.78, 5) is 30.2. The number of pyridine rings is 1. The van der Waals surface area contributed by atoms with Gasteiger partial charge in [-0.3, -0.25) is 9.78 Å². The molecule has 2 aromatic rings. The Morgan fingerprint density at radius 3 is 2.64 bits per heavy atom. The van der Waals surface area contributed by atoms with Crippen LogP contribution in [0, 0.1) is 0 Å². The molecule has 0 bridgehead atoms. The fraction of sp³-hybridized carbons (Fsp3) is 0.524. The largest absolute Gasteiger partial charge is 0.375 e. The summed E-state index contributed by atoms with van der Waals surface area (Å²) in [6.45, 7) is 5.22. The van der Waals surface area contributed by atoms with Gasteiger partial charge in [0, 0.05) is 56.6 Å². The van der Waals surface area contributed by atoms with E-state index in [9.17, 15) is 4.79 Å². The average molecular weight is 381 g/mol. The second-order valence-corrected chi connectivity index (χ2v) is 7.50. The summed E-state index contributed by atoms with van der Waals surface area (Å²) in [5, 5.41) is 0. The Labute approximate surface area is 165 Å². The van der Waals surface area contributed by atoms with Gasteiger partial charge in [0.2, 0.25) is 0 Å². The van der Waals surface area contributed by atoms with Crippen LogP contribution in [0.25, 0.3) is 11.4 Å². The highest BCUT2D eigenvalue weighted by Crippen LogP contribution is 2.16. The summed E-state index contributed by atoms with van der Waals surface area (Å²) in [5.74, 6) is 0.554. The third kappa shape index (κ3) is 4.72. The van der Waals surface area contributed by atoms with Gasteiger partial charge in [0.15, 0.2) is 5.82 Å². The van der Waals surface area contributed by atoms with Crippen LogP contribution in [0.3, 0.4) is 0 Å². The minimum Gasteiger partial charge on any atom is -0.375 e. The zero-order valence-electron chi connectivity index (χ0n) is 16.2. The highest BCUT2D eigenvalue weighted by molar-refractivity contribution is 5.93. The van der Waals surface area contributed by atoms with Crippen LogP contribution in [0.15, 0.2) is 36.9 Å². The van der Waals surface area contributed by atoms with E-state index in [1.54, 1.807) is 24.8 Å². The van der Waals surface area contributed by atoms with E-state index in [0.29, 0.717) is 31.1 Å². The van der Waals surface area contributed by atoms with Crippen LogP contribution in [0.1, 0.15) is 36.0 Å². The lowest BCUT2D eigenvalue weighted by molar-refractivity contribution is 0.0216. The highest BCUT2D eigenvalue weighted by atomic mass is 16.5. The van der Waals surface area contributed by atoms with Gasteiger partial charge in [-0.1, -0.05) is 6.42 Å². The second kappa shape index (κ2) is 9.21. The van der Waals surface area contributed by atoms with Crippen molar-refractivity contribution in [3.63, 3.8) is 0 Å². The van der Waals surface area contributed by atoms with Gasteiger partial charge in [-0.25, -0.2) is 9.97 Å². The first kappa shape index (κ1) is 19.0. The molecule has 148 valence electrons. The van der Waals surface area contributed by atoms with Crippen LogP contribution in [-0.4, -0.2) is 76.1 Å². The molecule has 2 aliphatic rings. The molecule has 0 radical (unpaired) electrons. The van der Waals surface area contributed by atoms with E-state index in [2.05, 4.69) is 19.9 Å². The molecular weight excluding hydrogens is 354 g/mol. The molecule has 2 aliphatic heterocycles. The first-order valence-corrected chi connectivity index (χ1v) is 10.2. The van der Waals surface area contributed by atoms with E-state index >= 15 is 0 Å². The Kier molecular flexibility index (Phi) is 6.24. The third-order valence-electron chi connectivity index (χ3n) is 5.37. The van der Waals surface area contributed by atoms with Crippen molar-refractivity contribution in [1.29, 1.82) is 0 Å². The zero-order valence-corrected chi connectivity index (χ0v) is 16.2. The molecule has 28 heavy (non-hydrogen) atoms. The van der Waals surface area contributed by atoms with Gasteiger partial charge in [-0.05, 0) is 44.5 Å². The summed E-state index contributed by atoms with van der Waals surface area (Å²) in [6, 6.07) is 3.75. The molecule has 0 aromatic carbocycles. The standard InChI is InChI=1S/C21H27N5O2/c27-21(18-13-23-20(24-14-18)17-6-4-7-22-12-17)26-10-5-11-28-19(16-26)15-25-8-2-1-3-9-25/h4,6-7,12-14,19H,1-3,5,8-11,15-16H2/t19-/m1/s1. The number of rotatable bonds is 4. The smallest absolute Gasteiger partial charge is 0.257 e. The number of amides is 1. The Morgan fingerprint density at radius 1 is 1.07 bits per heavy atom. The van der Waals surface area contributed by atoms with Crippen LogP contribution >= 0.6 is 0 Å². The first-order valence-electron chi connectivity index (χ1n) is 10.2. The fourth-order valence-corrected chi connectivity index (χ4v) is 3.89. The molecule has 2 aromatic heterocycles. The van der Waals surface area contributed by atoms with Gasteiger partial charge in [0.1, 0.15) is 0 Å². The Balaban J connectivity index is 1.41. The molecule has 0 aliphatic carbocycles. The monoisotopic (exact) mass is 381 g/mol. The SMILES string of the molecule is O=C(c1cnc(-c2cccnc2)nc1)N1CCCO[C@H](CN2CCCCC2)C1. The maximum absolute atomic E-state index is 13.0. The number of piperidine rings is 1.